The molecule has 1 N–H and O–H groups in total. The fraction of sp³-hybridized carbons (Fsp3) is 0.316. The third-order valence-electron chi connectivity index (χ3n) is 4.55. The number of piperidine rings is 1. The maximum Gasteiger partial charge on any atom is 0.255 e. The Morgan fingerprint density at radius 1 is 1.15 bits per heavy atom. The van der Waals surface area contributed by atoms with Crippen LogP contribution >= 0.6 is 15.9 Å². The second kappa shape index (κ2) is 7.90. The highest BCUT2D eigenvalue weighted by Gasteiger charge is 2.30. The van der Waals surface area contributed by atoms with E-state index in [9.17, 15) is 13.2 Å². The van der Waals surface area contributed by atoms with Gasteiger partial charge in [-0.1, -0.05) is 28.4 Å². The number of rotatable bonds is 4. The number of hydrogen-bond donors (Lipinski definition) is 1. The van der Waals surface area contributed by atoms with Crippen molar-refractivity contribution in [2.45, 2.75) is 37.1 Å². The predicted octanol–water partition coefficient (Wildman–Crippen LogP) is 4.26. The molecule has 1 amide bonds. The first-order chi connectivity index (χ1) is 12.4. The van der Waals surface area contributed by atoms with Crippen LogP contribution < -0.4 is 5.32 Å². The number of benzene rings is 2. The SMILES string of the molecule is C[C@H]1CCCCN1S(=O)(=O)c1ccc(C(=O)Nc2cccc(Br)c2)cc1. The number of amides is 1. The number of nitrogens with one attached hydrogen (secondary N) is 1. The van der Waals surface area contributed by atoms with Gasteiger partial charge in [-0.2, -0.15) is 4.31 Å². The van der Waals surface area contributed by atoms with Crippen LogP contribution in [-0.2, 0) is 10.0 Å². The molecule has 3 rings (SSSR count). The number of nitrogens with zero attached hydrogens (tertiary/aromatic N) is 1. The van der Waals surface area contributed by atoms with Crippen molar-refractivity contribution in [3.63, 3.8) is 0 Å². The Hall–Kier alpha value is -1.70. The second-order valence-electron chi connectivity index (χ2n) is 6.45. The van der Waals surface area contributed by atoms with Crippen molar-refractivity contribution in [1.82, 2.24) is 4.31 Å². The Balaban J connectivity index is 1.76. The lowest BCUT2D eigenvalue weighted by atomic mass is 10.1. The summed E-state index contributed by atoms with van der Waals surface area (Å²) in [6.45, 7) is 2.49. The lowest BCUT2D eigenvalue weighted by Crippen LogP contribution is -2.41. The Morgan fingerprint density at radius 2 is 1.88 bits per heavy atom. The molecule has 0 saturated carbocycles. The molecule has 0 aromatic heterocycles. The van der Waals surface area contributed by atoms with E-state index >= 15 is 0 Å². The van der Waals surface area contributed by atoms with Crippen LogP contribution in [0.5, 0.6) is 0 Å². The van der Waals surface area contributed by atoms with Crippen molar-refractivity contribution < 1.29 is 13.2 Å². The third kappa shape index (κ3) is 4.16. The number of hydrogen-bond acceptors (Lipinski definition) is 3. The molecular formula is C19H21BrN2O3S. The van der Waals surface area contributed by atoms with Gasteiger partial charge in [0.25, 0.3) is 5.91 Å². The zero-order valence-electron chi connectivity index (χ0n) is 14.5. The molecule has 1 atom stereocenters. The average molecular weight is 437 g/mol. The van der Waals surface area contributed by atoms with E-state index < -0.39 is 10.0 Å². The standard InChI is InChI=1S/C19H21BrN2O3S/c1-14-5-2-3-12-22(14)26(24,25)18-10-8-15(9-11-18)19(23)21-17-7-4-6-16(20)13-17/h4,6-11,13-14H,2-3,5,12H2,1H3,(H,21,23)/t14-/m0/s1. The van der Waals surface area contributed by atoms with Crippen molar-refractivity contribution in [3.8, 4) is 0 Å². The van der Waals surface area contributed by atoms with E-state index in [0.717, 1.165) is 23.7 Å². The summed E-state index contributed by atoms with van der Waals surface area (Å²) in [6, 6.07) is 13.4. The largest absolute Gasteiger partial charge is 0.322 e. The van der Waals surface area contributed by atoms with Gasteiger partial charge in [-0.15, -0.1) is 0 Å². The minimum absolute atomic E-state index is 0.00764. The number of carbonyl (C=O) groups is 1. The Bertz CT molecular complexity index is 897. The molecule has 0 bridgehead atoms. The van der Waals surface area contributed by atoms with Crippen LogP contribution in [0.3, 0.4) is 0 Å². The highest BCUT2D eigenvalue weighted by Crippen LogP contribution is 2.25. The van der Waals surface area contributed by atoms with Gasteiger partial charge < -0.3 is 5.32 Å². The molecule has 1 aliphatic rings. The molecule has 0 spiro atoms. The maximum absolute atomic E-state index is 12.8. The Morgan fingerprint density at radius 3 is 2.54 bits per heavy atom. The number of sulfonamides is 1. The van der Waals surface area contributed by atoms with E-state index in [-0.39, 0.29) is 16.8 Å². The minimum Gasteiger partial charge on any atom is -0.322 e. The van der Waals surface area contributed by atoms with E-state index in [1.54, 1.807) is 28.6 Å². The predicted molar refractivity (Wildman–Crippen MR) is 106 cm³/mol. The smallest absolute Gasteiger partial charge is 0.255 e. The number of anilines is 1. The number of halogens is 1. The van der Waals surface area contributed by atoms with Crippen LogP contribution in [0, 0.1) is 0 Å². The highest BCUT2D eigenvalue weighted by molar-refractivity contribution is 9.10. The Labute approximate surface area is 162 Å². The van der Waals surface area contributed by atoms with E-state index in [4.69, 9.17) is 0 Å². The summed E-state index contributed by atoms with van der Waals surface area (Å²) < 4.78 is 28.1. The maximum atomic E-state index is 12.8. The van der Waals surface area contributed by atoms with Crippen LogP contribution in [0.4, 0.5) is 5.69 Å². The van der Waals surface area contributed by atoms with Gasteiger partial charge in [0.1, 0.15) is 0 Å². The molecule has 1 fully saturated rings. The van der Waals surface area contributed by atoms with Crippen molar-refractivity contribution >= 4 is 37.5 Å². The van der Waals surface area contributed by atoms with Gasteiger partial charge >= 0.3 is 0 Å². The Kier molecular flexibility index (Phi) is 5.79. The van der Waals surface area contributed by atoms with Crippen LogP contribution in [0.1, 0.15) is 36.5 Å². The molecule has 1 heterocycles. The molecule has 0 unspecified atom stereocenters. The summed E-state index contributed by atoms with van der Waals surface area (Å²) in [5, 5.41) is 2.80. The molecule has 2 aromatic rings. The lowest BCUT2D eigenvalue weighted by Gasteiger charge is -2.32. The molecule has 0 aliphatic carbocycles. The van der Waals surface area contributed by atoms with Gasteiger partial charge in [0.2, 0.25) is 10.0 Å². The summed E-state index contributed by atoms with van der Waals surface area (Å²) in [6.07, 6.45) is 2.82. The number of carbonyl (C=O) groups excluding carboxylic acids is 1. The molecule has 5 nitrogen and oxygen atoms in total. The second-order valence-corrected chi connectivity index (χ2v) is 9.26. The molecule has 0 radical (unpaired) electrons. The van der Waals surface area contributed by atoms with Crippen LogP contribution in [0.15, 0.2) is 57.9 Å². The van der Waals surface area contributed by atoms with Gasteiger partial charge in [0, 0.05) is 28.3 Å². The summed E-state index contributed by atoms with van der Waals surface area (Å²) in [5.74, 6) is -0.279. The van der Waals surface area contributed by atoms with Gasteiger partial charge in [0.15, 0.2) is 0 Å². The summed E-state index contributed by atoms with van der Waals surface area (Å²) >= 11 is 3.36. The van der Waals surface area contributed by atoms with Crippen molar-refractivity contribution in [3.05, 3.63) is 58.6 Å². The molecule has 26 heavy (non-hydrogen) atoms. The topological polar surface area (TPSA) is 66.5 Å². The van der Waals surface area contributed by atoms with Crippen molar-refractivity contribution in [2.24, 2.45) is 0 Å². The first kappa shape index (κ1) is 19.1. The van der Waals surface area contributed by atoms with Crippen LogP contribution in [-0.4, -0.2) is 31.2 Å². The normalized spacial score (nSPS) is 18.5. The van der Waals surface area contributed by atoms with Gasteiger partial charge in [-0.3, -0.25) is 4.79 Å². The van der Waals surface area contributed by atoms with E-state index in [2.05, 4.69) is 21.2 Å². The molecule has 1 aliphatic heterocycles. The highest BCUT2D eigenvalue weighted by atomic mass is 79.9. The van der Waals surface area contributed by atoms with Gasteiger partial charge in [0.05, 0.1) is 4.90 Å². The quantitative estimate of drug-likeness (QED) is 0.777. The third-order valence-corrected chi connectivity index (χ3v) is 7.07. The lowest BCUT2D eigenvalue weighted by molar-refractivity contribution is 0.102. The molecule has 1 saturated heterocycles. The zero-order chi connectivity index (χ0) is 18.7. The van der Waals surface area contributed by atoms with E-state index in [1.165, 1.54) is 12.1 Å². The average Bonchev–Trinajstić information content (AvgIpc) is 2.62. The van der Waals surface area contributed by atoms with E-state index in [1.807, 2.05) is 19.1 Å². The zero-order valence-corrected chi connectivity index (χ0v) is 16.9. The molecule has 7 heteroatoms. The van der Waals surface area contributed by atoms with Crippen LogP contribution in [0.2, 0.25) is 0 Å². The summed E-state index contributed by atoms with van der Waals surface area (Å²) in [7, 11) is -3.52. The molecular weight excluding hydrogens is 416 g/mol. The van der Waals surface area contributed by atoms with Gasteiger partial charge in [-0.05, 0) is 62.2 Å². The molecule has 2 aromatic carbocycles. The first-order valence-corrected chi connectivity index (χ1v) is 10.8. The minimum atomic E-state index is -3.52. The summed E-state index contributed by atoms with van der Waals surface area (Å²) in [4.78, 5) is 12.6. The van der Waals surface area contributed by atoms with Crippen molar-refractivity contribution in [1.29, 1.82) is 0 Å². The molecule has 138 valence electrons. The summed E-state index contributed by atoms with van der Waals surface area (Å²) in [5.41, 5.74) is 1.08. The fourth-order valence-corrected chi connectivity index (χ4v) is 5.21. The van der Waals surface area contributed by atoms with Crippen LogP contribution in [0.25, 0.3) is 0 Å². The van der Waals surface area contributed by atoms with Gasteiger partial charge in [-0.25, -0.2) is 8.42 Å². The van der Waals surface area contributed by atoms with Crippen molar-refractivity contribution in [2.75, 3.05) is 11.9 Å². The first-order valence-electron chi connectivity index (χ1n) is 8.57. The fourth-order valence-electron chi connectivity index (χ4n) is 3.11. The monoisotopic (exact) mass is 436 g/mol. The van der Waals surface area contributed by atoms with E-state index in [0.29, 0.717) is 17.8 Å².